The first-order valence-corrected chi connectivity index (χ1v) is 9.38. The van der Waals surface area contributed by atoms with Crippen molar-refractivity contribution in [1.82, 2.24) is 10.6 Å². The van der Waals surface area contributed by atoms with E-state index >= 15 is 0 Å². The fourth-order valence-electron chi connectivity index (χ4n) is 2.85. The first-order valence-electron chi connectivity index (χ1n) is 9.38. The topological polar surface area (TPSA) is 147 Å². The van der Waals surface area contributed by atoms with Crippen LogP contribution in [0.2, 0.25) is 0 Å². The smallest absolute Gasteiger partial charge is 0.407 e. The maximum atomic E-state index is 11.7. The van der Waals surface area contributed by atoms with Gasteiger partial charge >= 0.3 is 6.09 Å². The zero-order valence-corrected chi connectivity index (χ0v) is 16.2. The van der Waals surface area contributed by atoms with Crippen LogP contribution in [0, 0.1) is 0 Å². The van der Waals surface area contributed by atoms with Gasteiger partial charge in [0.15, 0.2) is 6.29 Å². The molecule has 1 unspecified atom stereocenters. The van der Waals surface area contributed by atoms with E-state index in [2.05, 4.69) is 10.6 Å². The lowest BCUT2D eigenvalue weighted by Crippen LogP contribution is -2.64. The second-order valence-electron chi connectivity index (χ2n) is 6.65. The fraction of sp³-hybridized carbons (Fsp3) is 0.579. The maximum Gasteiger partial charge on any atom is 0.407 e. The molecule has 1 saturated heterocycles. The van der Waals surface area contributed by atoms with Gasteiger partial charge in [-0.3, -0.25) is 4.79 Å². The largest absolute Gasteiger partial charge is 0.445 e. The third-order valence-electron chi connectivity index (χ3n) is 4.34. The van der Waals surface area contributed by atoms with Crippen LogP contribution in [0.1, 0.15) is 18.9 Å². The van der Waals surface area contributed by atoms with Gasteiger partial charge in [0.25, 0.3) is 0 Å². The molecule has 0 aliphatic carbocycles. The first kappa shape index (κ1) is 23.0. The summed E-state index contributed by atoms with van der Waals surface area (Å²) in [5.74, 6) is -0.427. The number of amides is 2. The molecule has 1 aliphatic heterocycles. The number of alkyl carbamates (subject to hydrolysis) is 1. The van der Waals surface area contributed by atoms with Crippen LogP contribution in [0.25, 0.3) is 0 Å². The molecule has 5 N–H and O–H groups in total. The summed E-state index contributed by atoms with van der Waals surface area (Å²) in [5.41, 5.74) is 0.878. The molecule has 1 fully saturated rings. The third-order valence-corrected chi connectivity index (χ3v) is 4.34. The second-order valence-corrected chi connectivity index (χ2v) is 6.65. The van der Waals surface area contributed by atoms with Gasteiger partial charge in [0.05, 0.1) is 13.2 Å². The average Bonchev–Trinajstić information content (AvgIpc) is 2.71. The molecule has 1 heterocycles. The highest BCUT2D eigenvalue weighted by Crippen LogP contribution is 2.22. The normalized spacial score (nSPS) is 26.6. The second kappa shape index (κ2) is 11.7. The minimum Gasteiger partial charge on any atom is -0.445 e. The van der Waals surface area contributed by atoms with E-state index in [-0.39, 0.29) is 19.8 Å². The number of benzene rings is 1. The number of carbonyl (C=O) groups excluding carboxylic acids is 2. The van der Waals surface area contributed by atoms with Crippen molar-refractivity contribution in [3.05, 3.63) is 35.9 Å². The monoisotopic (exact) mass is 412 g/mol. The van der Waals surface area contributed by atoms with Gasteiger partial charge in [-0.25, -0.2) is 4.79 Å². The first-order chi connectivity index (χ1) is 13.9. The number of hydrogen-bond donors (Lipinski definition) is 5. The summed E-state index contributed by atoms with van der Waals surface area (Å²) in [6.45, 7) is 1.33. The molecule has 0 spiro atoms. The van der Waals surface area contributed by atoms with Crippen molar-refractivity contribution in [2.75, 3.05) is 19.8 Å². The molecular formula is C19H28N2O8. The molecule has 29 heavy (non-hydrogen) atoms. The highest BCUT2D eigenvalue weighted by Gasteiger charge is 2.45. The fourth-order valence-corrected chi connectivity index (χ4v) is 2.85. The predicted molar refractivity (Wildman–Crippen MR) is 101 cm³/mol. The molecule has 1 aliphatic rings. The predicted octanol–water partition coefficient (Wildman–Crippen LogP) is -0.737. The van der Waals surface area contributed by atoms with Gasteiger partial charge < -0.3 is 40.2 Å². The Morgan fingerprint density at radius 3 is 2.55 bits per heavy atom. The van der Waals surface area contributed by atoms with Crippen molar-refractivity contribution in [3.8, 4) is 0 Å². The Bertz CT molecular complexity index is 644. The number of aliphatic hydroxyl groups is 3. The number of carbonyl (C=O) groups is 2. The van der Waals surface area contributed by atoms with E-state index in [0.29, 0.717) is 6.42 Å². The molecule has 1 aromatic rings. The molecule has 10 heteroatoms. The Morgan fingerprint density at radius 2 is 1.90 bits per heavy atom. The lowest BCUT2D eigenvalue weighted by atomic mass is 9.97. The minimum absolute atomic E-state index is 0.140. The van der Waals surface area contributed by atoms with E-state index in [0.717, 1.165) is 5.56 Å². The molecular weight excluding hydrogens is 384 g/mol. The number of rotatable bonds is 9. The quantitative estimate of drug-likeness (QED) is 0.334. The van der Waals surface area contributed by atoms with Crippen LogP contribution < -0.4 is 10.6 Å². The highest BCUT2D eigenvalue weighted by molar-refractivity contribution is 5.73. The standard InChI is InChI=1S/C19H28N2O8/c1-12(23)21-15-17(25)16(24)14(10-22)29-18(15)27-9-5-8-20-19(26)28-11-13-6-3-2-4-7-13/h2-4,6-7,14-18,22,24-25H,5,8-11H2,1H3,(H,20,26)(H,21,23)/t14?,15-,16+,17-,18-/m1/s1. The van der Waals surface area contributed by atoms with Crippen LogP contribution in [-0.4, -0.2) is 77.7 Å². The number of nitrogens with one attached hydrogen (secondary N) is 2. The van der Waals surface area contributed by atoms with Gasteiger partial charge in [-0.2, -0.15) is 0 Å². The zero-order valence-electron chi connectivity index (χ0n) is 16.2. The van der Waals surface area contributed by atoms with Crippen molar-refractivity contribution in [3.63, 3.8) is 0 Å². The van der Waals surface area contributed by atoms with Gasteiger partial charge in [-0.15, -0.1) is 0 Å². The summed E-state index contributed by atoms with van der Waals surface area (Å²) in [6, 6.07) is 8.29. The Morgan fingerprint density at radius 1 is 1.17 bits per heavy atom. The Hall–Kier alpha value is -2.24. The van der Waals surface area contributed by atoms with Crippen LogP contribution in [0.4, 0.5) is 4.79 Å². The summed E-state index contributed by atoms with van der Waals surface area (Å²) in [5, 5.41) is 34.5. The van der Waals surface area contributed by atoms with Gasteiger partial charge in [0.1, 0.15) is 31.0 Å². The van der Waals surface area contributed by atoms with Gasteiger partial charge in [0, 0.05) is 13.5 Å². The molecule has 1 aromatic carbocycles. The van der Waals surface area contributed by atoms with Crippen LogP contribution in [0.3, 0.4) is 0 Å². The van der Waals surface area contributed by atoms with Gasteiger partial charge in [-0.1, -0.05) is 30.3 Å². The molecule has 5 atom stereocenters. The maximum absolute atomic E-state index is 11.7. The summed E-state index contributed by atoms with van der Waals surface area (Å²) in [7, 11) is 0. The zero-order chi connectivity index (χ0) is 21.2. The number of hydrogen-bond acceptors (Lipinski definition) is 8. The van der Waals surface area contributed by atoms with Gasteiger partial charge in [0.2, 0.25) is 5.91 Å². The van der Waals surface area contributed by atoms with E-state index in [1.807, 2.05) is 30.3 Å². The molecule has 162 valence electrons. The average molecular weight is 412 g/mol. The molecule has 0 bridgehead atoms. The van der Waals surface area contributed by atoms with Gasteiger partial charge in [-0.05, 0) is 12.0 Å². The molecule has 2 rings (SSSR count). The summed E-state index contributed by atoms with van der Waals surface area (Å²) in [6.07, 6.45) is -4.96. The summed E-state index contributed by atoms with van der Waals surface area (Å²) >= 11 is 0. The molecule has 2 amide bonds. The highest BCUT2D eigenvalue weighted by atomic mass is 16.7. The molecule has 0 saturated carbocycles. The lowest BCUT2D eigenvalue weighted by Gasteiger charge is -2.42. The number of aliphatic hydroxyl groups excluding tert-OH is 3. The van der Waals surface area contributed by atoms with E-state index in [1.54, 1.807) is 0 Å². The van der Waals surface area contributed by atoms with E-state index in [4.69, 9.17) is 14.2 Å². The van der Waals surface area contributed by atoms with Crippen molar-refractivity contribution in [2.45, 2.75) is 50.6 Å². The molecule has 0 radical (unpaired) electrons. The number of ether oxygens (including phenoxy) is 3. The Kier molecular flexibility index (Phi) is 9.29. The summed E-state index contributed by atoms with van der Waals surface area (Å²) < 4.78 is 16.1. The van der Waals surface area contributed by atoms with Crippen LogP contribution >= 0.6 is 0 Å². The van der Waals surface area contributed by atoms with Crippen molar-refractivity contribution in [1.29, 1.82) is 0 Å². The Balaban J connectivity index is 1.71. The van der Waals surface area contributed by atoms with Crippen molar-refractivity contribution < 1.29 is 39.1 Å². The molecule has 0 aromatic heterocycles. The van der Waals surface area contributed by atoms with Crippen LogP contribution in [0.15, 0.2) is 30.3 Å². The van der Waals surface area contributed by atoms with Crippen LogP contribution in [0.5, 0.6) is 0 Å². The lowest BCUT2D eigenvalue weighted by molar-refractivity contribution is -0.270. The van der Waals surface area contributed by atoms with E-state index in [9.17, 15) is 24.9 Å². The van der Waals surface area contributed by atoms with E-state index in [1.165, 1.54) is 6.92 Å². The SMILES string of the molecule is CC(=O)N[C@H]1[C@H](OCCCNC(=O)OCc2ccccc2)OC(CO)[C@H](O)[C@@H]1O. The van der Waals surface area contributed by atoms with Crippen molar-refractivity contribution in [2.24, 2.45) is 0 Å². The third kappa shape index (κ3) is 7.26. The Labute approximate surface area is 168 Å². The molecule has 10 nitrogen and oxygen atoms in total. The minimum atomic E-state index is -1.36. The summed E-state index contributed by atoms with van der Waals surface area (Å²) in [4.78, 5) is 23.0. The van der Waals surface area contributed by atoms with Crippen LogP contribution in [-0.2, 0) is 25.6 Å². The van der Waals surface area contributed by atoms with E-state index < -0.39 is 49.3 Å². The van der Waals surface area contributed by atoms with Crippen molar-refractivity contribution >= 4 is 12.0 Å².